The molecule has 0 radical (unpaired) electrons. The highest BCUT2D eigenvalue weighted by Gasteiger charge is 1.98. The van der Waals surface area contributed by atoms with Crippen molar-refractivity contribution in [1.29, 1.82) is 0 Å². The topological polar surface area (TPSA) is 38.0 Å². The van der Waals surface area contributed by atoms with Crippen LogP contribution >= 0.6 is 0 Å². The Morgan fingerprint density at radius 2 is 2.00 bits per heavy atom. The van der Waals surface area contributed by atoms with E-state index in [2.05, 4.69) is 36.5 Å². The van der Waals surface area contributed by atoms with Gasteiger partial charge in [0.2, 0.25) is 0 Å². The summed E-state index contributed by atoms with van der Waals surface area (Å²) < 4.78 is 0. The summed E-state index contributed by atoms with van der Waals surface area (Å²) >= 11 is 0. The molecular formula is C12H20N2. The highest BCUT2D eigenvalue weighted by atomic mass is 14.9. The van der Waals surface area contributed by atoms with E-state index in [0.717, 1.165) is 25.9 Å². The summed E-state index contributed by atoms with van der Waals surface area (Å²) in [6, 6.07) is 11.1. The van der Waals surface area contributed by atoms with Crippen LogP contribution in [0, 0.1) is 0 Å². The lowest BCUT2D eigenvalue weighted by Gasteiger charge is -2.12. The van der Waals surface area contributed by atoms with Crippen molar-refractivity contribution in [3.63, 3.8) is 0 Å². The number of hydrogen-bond donors (Lipinski definition) is 2. The van der Waals surface area contributed by atoms with E-state index in [0.29, 0.717) is 6.04 Å². The monoisotopic (exact) mass is 192 g/mol. The van der Waals surface area contributed by atoms with Crippen molar-refractivity contribution in [3.05, 3.63) is 35.9 Å². The van der Waals surface area contributed by atoms with E-state index in [4.69, 9.17) is 5.73 Å². The predicted molar refractivity (Wildman–Crippen MR) is 61.3 cm³/mol. The maximum atomic E-state index is 5.47. The van der Waals surface area contributed by atoms with Crippen LogP contribution in [0.2, 0.25) is 0 Å². The Morgan fingerprint density at radius 1 is 1.29 bits per heavy atom. The van der Waals surface area contributed by atoms with Gasteiger partial charge in [-0.3, -0.25) is 0 Å². The van der Waals surface area contributed by atoms with Gasteiger partial charge in [-0.2, -0.15) is 0 Å². The van der Waals surface area contributed by atoms with Crippen molar-refractivity contribution in [1.82, 2.24) is 5.32 Å². The Labute approximate surface area is 86.5 Å². The summed E-state index contributed by atoms with van der Waals surface area (Å²) in [7, 11) is 0. The molecule has 1 aromatic rings. The second-order valence-electron chi connectivity index (χ2n) is 3.67. The van der Waals surface area contributed by atoms with Crippen LogP contribution in [0.3, 0.4) is 0 Å². The van der Waals surface area contributed by atoms with E-state index in [9.17, 15) is 0 Å². The Morgan fingerprint density at radius 3 is 2.64 bits per heavy atom. The molecule has 0 saturated heterocycles. The summed E-state index contributed by atoms with van der Waals surface area (Å²) in [5.74, 6) is 0. The van der Waals surface area contributed by atoms with Crippen molar-refractivity contribution in [2.75, 3.05) is 13.1 Å². The first-order valence-corrected chi connectivity index (χ1v) is 5.30. The number of rotatable bonds is 6. The molecule has 2 nitrogen and oxygen atoms in total. The Bertz CT molecular complexity index is 233. The third-order valence-corrected chi connectivity index (χ3v) is 2.35. The zero-order valence-corrected chi connectivity index (χ0v) is 8.87. The van der Waals surface area contributed by atoms with Crippen molar-refractivity contribution in [2.24, 2.45) is 5.73 Å². The Hall–Kier alpha value is -0.860. The summed E-state index contributed by atoms with van der Waals surface area (Å²) in [4.78, 5) is 0. The normalized spacial score (nSPS) is 12.7. The van der Waals surface area contributed by atoms with Gasteiger partial charge in [0.1, 0.15) is 0 Å². The van der Waals surface area contributed by atoms with Crippen molar-refractivity contribution >= 4 is 0 Å². The molecule has 14 heavy (non-hydrogen) atoms. The highest BCUT2D eigenvalue weighted by molar-refractivity contribution is 5.14. The van der Waals surface area contributed by atoms with Gasteiger partial charge in [0.25, 0.3) is 0 Å². The minimum Gasteiger partial charge on any atom is -0.330 e. The van der Waals surface area contributed by atoms with Crippen LogP contribution in [0.15, 0.2) is 30.3 Å². The quantitative estimate of drug-likeness (QED) is 0.718. The zero-order valence-electron chi connectivity index (χ0n) is 8.87. The molecule has 78 valence electrons. The van der Waals surface area contributed by atoms with Gasteiger partial charge in [-0.05, 0) is 38.4 Å². The summed E-state index contributed by atoms with van der Waals surface area (Å²) in [5, 5.41) is 3.45. The minimum atomic E-state index is 0.531. The fourth-order valence-corrected chi connectivity index (χ4v) is 1.46. The molecule has 1 aromatic carbocycles. The maximum absolute atomic E-state index is 5.47. The molecule has 0 fully saturated rings. The molecule has 0 heterocycles. The number of nitrogens with one attached hydrogen (secondary N) is 1. The molecule has 0 aliphatic rings. The first-order valence-electron chi connectivity index (χ1n) is 5.30. The predicted octanol–water partition coefficient (Wildman–Crippen LogP) is 1.56. The van der Waals surface area contributed by atoms with Gasteiger partial charge in [-0.1, -0.05) is 30.3 Å². The van der Waals surface area contributed by atoms with Gasteiger partial charge in [0.15, 0.2) is 0 Å². The van der Waals surface area contributed by atoms with E-state index in [1.54, 1.807) is 0 Å². The Kier molecular flexibility index (Phi) is 5.27. The molecule has 2 heteroatoms. The fraction of sp³-hybridized carbons (Fsp3) is 0.500. The molecular weight excluding hydrogens is 172 g/mol. The molecule has 1 unspecified atom stereocenters. The van der Waals surface area contributed by atoms with E-state index in [1.807, 2.05) is 6.07 Å². The van der Waals surface area contributed by atoms with E-state index >= 15 is 0 Å². The molecule has 0 spiro atoms. The standard InChI is InChI=1S/C12H20N2/c1-11(7-9-13)14-10-8-12-5-3-2-4-6-12/h2-6,11,14H,7-10,13H2,1H3. The van der Waals surface area contributed by atoms with Crippen molar-refractivity contribution < 1.29 is 0 Å². The lowest BCUT2D eigenvalue weighted by Crippen LogP contribution is -2.30. The highest BCUT2D eigenvalue weighted by Crippen LogP contribution is 1.98. The van der Waals surface area contributed by atoms with Gasteiger partial charge in [0.05, 0.1) is 0 Å². The van der Waals surface area contributed by atoms with Gasteiger partial charge < -0.3 is 11.1 Å². The van der Waals surface area contributed by atoms with Crippen LogP contribution in [0.25, 0.3) is 0 Å². The largest absolute Gasteiger partial charge is 0.330 e. The SMILES string of the molecule is CC(CCN)NCCc1ccccc1. The summed E-state index contributed by atoms with van der Waals surface area (Å²) in [5.41, 5.74) is 6.86. The second kappa shape index (κ2) is 6.57. The van der Waals surface area contributed by atoms with E-state index < -0.39 is 0 Å². The van der Waals surface area contributed by atoms with Crippen LogP contribution in [0.1, 0.15) is 18.9 Å². The maximum Gasteiger partial charge on any atom is 0.00508 e. The zero-order chi connectivity index (χ0) is 10.2. The van der Waals surface area contributed by atoms with Gasteiger partial charge in [-0.15, -0.1) is 0 Å². The van der Waals surface area contributed by atoms with Crippen molar-refractivity contribution in [3.8, 4) is 0 Å². The third-order valence-electron chi connectivity index (χ3n) is 2.35. The third kappa shape index (κ3) is 4.40. The molecule has 1 rings (SSSR count). The molecule has 0 bridgehead atoms. The summed E-state index contributed by atoms with van der Waals surface area (Å²) in [6.07, 6.45) is 2.14. The molecule has 0 aliphatic carbocycles. The van der Waals surface area contributed by atoms with Crippen LogP contribution < -0.4 is 11.1 Å². The number of benzene rings is 1. The molecule has 0 amide bonds. The lowest BCUT2D eigenvalue weighted by molar-refractivity contribution is 0.523. The van der Waals surface area contributed by atoms with Crippen LogP contribution in [0.5, 0.6) is 0 Å². The van der Waals surface area contributed by atoms with Gasteiger partial charge in [0, 0.05) is 6.04 Å². The number of hydrogen-bond acceptors (Lipinski definition) is 2. The molecule has 3 N–H and O–H groups in total. The van der Waals surface area contributed by atoms with E-state index in [-0.39, 0.29) is 0 Å². The van der Waals surface area contributed by atoms with Crippen LogP contribution in [0.4, 0.5) is 0 Å². The molecule has 0 aliphatic heterocycles. The molecule has 0 saturated carbocycles. The van der Waals surface area contributed by atoms with Gasteiger partial charge in [-0.25, -0.2) is 0 Å². The first kappa shape index (κ1) is 11.2. The molecule has 1 atom stereocenters. The summed E-state index contributed by atoms with van der Waals surface area (Å²) in [6.45, 7) is 3.97. The fourth-order valence-electron chi connectivity index (χ4n) is 1.46. The van der Waals surface area contributed by atoms with Crippen LogP contribution in [-0.2, 0) is 6.42 Å². The number of nitrogens with two attached hydrogens (primary N) is 1. The molecule has 0 aromatic heterocycles. The average Bonchev–Trinajstić information content (AvgIpc) is 2.20. The second-order valence-corrected chi connectivity index (χ2v) is 3.67. The Balaban J connectivity index is 2.16. The first-order chi connectivity index (χ1) is 6.83. The lowest BCUT2D eigenvalue weighted by atomic mass is 10.1. The van der Waals surface area contributed by atoms with E-state index in [1.165, 1.54) is 5.56 Å². The van der Waals surface area contributed by atoms with Crippen LogP contribution in [-0.4, -0.2) is 19.1 Å². The van der Waals surface area contributed by atoms with Gasteiger partial charge >= 0.3 is 0 Å². The van der Waals surface area contributed by atoms with Crippen molar-refractivity contribution in [2.45, 2.75) is 25.8 Å². The minimum absolute atomic E-state index is 0.531. The smallest absolute Gasteiger partial charge is 0.00508 e. The average molecular weight is 192 g/mol.